The molecule has 0 amide bonds. The maximum absolute atomic E-state index is 13.9. The van der Waals surface area contributed by atoms with Gasteiger partial charge in [-0.2, -0.15) is 13.2 Å². The standard InChI is InChI=1S/C16H11BrF4N2/c17-13-5-6-14(18)15-11(13)8-23(9-22-15)7-10-3-1-2-4-12(10)16(19,20)21/h1-6,8H,7,9H2/i8D,9D. The van der Waals surface area contributed by atoms with Gasteiger partial charge in [-0.25, -0.2) is 4.39 Å². The quantitative estimate of drug-likeness (QED) is 0.719. The van der Waals surface area contributed by atoms with E-state index in [9.17, 15) is 17.6 Å². The zero-order valence-electron chi connectivity index (χ0n) is 13.5. The first-order valence-electron chi connectivity index (χ1n) is 7.64. The fourth-order valence-electron chi connectivity index (χ4n) is 2.27. The van der Waals surface area contributed by atoms with Crippen LogP contribution in [0.5, 0.6) is 0 Å². The molecule has 1 aliphatic heterocycles. The number of fused-ring (bicyclic) bond motifs is 1. The van der Waals surface area contributed by atoms with Crippen molar-refractivity contribution in [2.75, 3.05) is 6.64 Å². The molecule has 1 unspecified atom stereocenters. The van der Waals surface area contributed by atoms with E-state index >= 15 is 0 Å². The monoisotopic (exact) mass is 388 g/mol. The number of alkyl halides is 3. The number of hydrogen-bond acceptors (Lipinski definition) is 2. The molecule has 0 aromatic heterocycles. The normalized spacial score (nSPS) is 18.9. The first-order chi connectivity index (χ1) is 11.7. The van der Waals surface area contributed by atoms with Crippen LogP contribution in [0.3, 0.4) is 0 Å². The number of rotatable bonds is 2. The molecule has 7 heteroatoms. The molecule has 0 spiro atoms. The lowest BCUT2D eigenvalue weighted by Crippen LogP contribution is -2.38. The van der Waals surface area contributed by atoms with Crippen LogP contribution in [-0.4, -0.2) is 11.5 Å². The molecule has 2 aromatic rings. The molecule has 0 saturated heterocycles. The highest BCUT2D eigenvalue weighted by atomic mass is 79.9. The van der Waals surface area contributed by atoms with Crippen LogP contribution >= 0.6 is 15.9 Å². The van der Waals surface area contributed by atoms with Crippen molar-refractivity contribution in [2.45, 2.75) is 12.7 Å². The molecule has 1 heterocycles. The van der Waals surface area contributed by atoms with Crippen molar-refractivity contribution in [2.24, 2.45) is 4.99 Å². The third-order valence-corrected chi connectivity index (χ3v) is 3.98. The summed E-state index contributed by atoms with van der Waals surface area (Å²) in [6.45, 7) is -1.75. The molecule has 0 radical (unpaired) electrons. The molecule has 0 N–H and O–H groups in total. The molecular formula is C16H11BrF4N2. The van der Waals surface area contributed by atoms with Gasteiger partial charge in [-0.3, -0.25) is 4.99 Å². The van der Waals surface area contributed by atoms with E-state index in [0.29, 0.717) is 4.47 Å². The molecular weight excluding hydrogens is 376 g/mol. The van der Waals surface area contributed by atoms with E-state index in [2.05, 4.69) is 20.9 Å². The average Bonchev–Trinajstić information content (AvgIpc) is 2.54. The Morgan fingerprint density at radius 1 is 1.26 bits per heavy atom. The van der Waals surface area contributed by atoms with Crippen LogP contribution < -0.4 is 10.6 Å². The van der Waals surface area contributed by atoms with Gasteiger partial charge in [0.2, 0.25) is 0 Å². The Balaban J connectivity index is 2.12. The van der Waals surface area contributed by atoms with E-state index in [4.69, 9.17) is 2.74 Å². The molecule has 1 atom stereocenters. The van der Waals surface area contributed by atoms with Gasteiger partial charge in [0, 0.05) is 22.4 Å². The number of nitrogens with zero attached hydrogens (tertiary/aromatic N) is 2. The lowest BCUT2D eigenvalue weighted by molar-refractivity contribution is -0.138. The van der Waals surface area contributed by atoms with E-state index in [1.807, 2.05) is 0 Å². The summed E-state index contributed by atoms with van der Waals surface area (Å²) in [7, 11) is 0. The minimum atomic E-state index is -4.55. The summed E-state index contributed by atoms with van der Waals surface area (Å²) < 4.78 is 70.0. The summed E-state index contributed by atoms with van der Waals surface area (Å²) in [5.74, 6) is -0.685. The second-order valence-corrected chi connectivity index (χ2v) is 5.75. The summed E-state index contributed by atoms with van der Waals surface area (Å²) >= 11 is 3.20. The Kier molecular flexibility index (Phi) is 3.51. The zero-order chi connectivity index (χ0) is 18.4. The van der Waals surface area contributed by atoms with Gasteiger partial charge in [-0.1, -0.05) is 34.1 Å². The van der Waals surface area contributed by atoms with Crippen LogP contribution in [0.25, 0.3) is 6.18 Å². The fourth-order valence-corrected chi connectivity index (χ4v) is 2.68. The molecule has 2 nitrogen and oxygen atoms in total. The summed E-state index contributed by atoms with van der Waals surface area (Å²) in [5, 5.41) is -0.0206. The maximum atomic E-state index is 13.9. The van der Waals surface area contributed by atoms with E-state index in [0.717, 1.165) is 17.0 Å². The van der Waals surface area contributed by atoms with E-state index in [1.54, 1.807) is 0 Å². The van der Waals surface area contributed by atoms with Gasteiger partial charge in [0.25, 0.3) is 0 Å². The van der Waals surface area contributed by atoms with Crippen LogP contribution in [0, 0.1) is 5.82 Å². The highest BCUT2D eigenvalue weighted by Gasteiger charge is 2.33. The summed E-state index contributed by atoms with van der Waals surface area (Å²) in [5.41, 5.74) is -0.915. The molecule has 0 aliphatic carbocycles. The summed E-state index contributed by atoms with van der Waals surface area (Å²) in [6, 6.07) is 7.52. The van der Waals surface area contributed by atoms with Crippen LogP contribution in [0.1, 0.15) is 13.9 Å². The van der Waals surface area contributed by atoms with Crippen LogP contribution in [0.15, 0.2) is 45.9 Å². The zero-order valence-corrected chi connectivity index (χ0v) is 13.1. The number of benzene rings is 2. The third-order valence-electron chi connectivity index (χ3n) is 3.32. The first-order valence-corrected chi connectivity index (χ1v) is 7.36. The van der Waals surface area contributed by atoms with Gasteiger partial charge in [0.15, 0.2) is 0 Å². The van der Waals surface area contributed by atoms with E-state index in [1.165, 1.54) is 24.3 Å². The average molecular weight is 389 g/mol. The van der Waals surface area contributed by atoms with Gasteiger partial charge in [0.1, 0.15) is 17.8 Å². The second kappa shape index (κ2) is 5.96. The highest BCUT2D eigenvalue weighted by Crippen LogP contribution is 2.32. The van der Waals surface area contributed by atoms with Crippen molar-refractivity contribution in [3.8, 4) is 0 Å². The Morgan fingerprint density at radius 2 is 2.00 bits per heavy atom. The van der Waals surface area contributed by atoms with Crippen molar-refractivity contribution in [3.63, 3.8) is 0 Å². The number of hydrogen-bond donors (Lipinski definition) is 0. The van der Waals surface area contributed by atoms with Gasteiger partial charge in [0.05, 0.1) is 8.30 Å². The Morgan fingerprint density at radius 3 is 2.74 bits per heavy atom. The SMILES string of the molecule is [2H]C1=c2c(Br)ccc(F)c2=NC([2H])N1Cc1ccccc1C(F)(F)F. The van der Waals surface area contributed by atoms with Gasteiger partial charge in [-0.15, -0.1) is 0 Å². The highest BCUT2D eigenvalue weighted by molar-refractivity contribution is 9.10. The van der Waals surface area contributed by atoms with Crippen LogP contribution in [0.4, 0.5) is 17.6 Å². The minimum Gasteiger partial charge on any atom is -0.353 e. The molecule has 3 rings (SSSR count). The van der Waals surface area contributed by atoms with Crippen molar-refractivity contribution in [1.29, 1.82) is 0 Å². The molecule has 0 bridgehead atoms. The van der Waals surface area contributed by atoms with Gasteiger partial charge in [-0.05, 0) is 23.8 Å². The number of halogens is 5. The molecule has 2 aromatic carbocycles. The smallest absolute Gasteiger partial charge is 0.353 e. The first kappa shape index (κ1) is 13.5. The Bertz CT molecular complexity index is 946. The van der Waals surface area contributed by atoms with E-state index < -0.39 is 24.2 Å². The van der Waals surface area contributed by atoms with Crippen molar-refractivity contribution in [1.82, 2.24) is 4.90 Å². The largest absolute Gasteiger partial charge is 0.416 e. The van der Waals surface area contributed by atoms with Crippen LogP contribution in [-0.2, 0) is 12.7 Å². The Hall–Kier alpha value is -1.89. The minimum absolute atomic E-state index is 0.0804. The van der Waals surface area contributed by atoms with Crippen molar-refractivity contribution in [3.05, 3.63) is 68.4 Å². The predicted octanol–water partition coefficient (Wildman–Crippen LogP) is 3.44. The summed E-state index contributed by atoms with van der Waals surface area (Å²) in [4.78, 5) is 4.97. The second-order valence-electron chi connectivity index (χ2n) is 4.89. The van der Waals surface area contributed by atoms with Crippen LogP contribution in [0.2, 0.25) is 0 Å². The van der Waals surface area contributed by atoms with Crippen molar-refractivity contribution < 1.29 is 20.3 Å². The lowest BCUT2D eigenvalue weighted by atomic mass is 10.1. The lowest BCUT2D eigenvalue weighted by Gasteiger charge is -2.23. The maximum Gasteiger partial charge on any atom is 0.416 e. The molecule has 120 valence electrons. The molecule has 1 aliphatic rings. The topological polar surface area (TPSA) is 15.6 Å². The molecule has 0 fully saturated rings. The van der Waals surface area contributed by atoms with E-state index in [-0.39, 0.29) is 28.9 Å². The summed E-state index contributed by atoms with van der Waals surface area (Å²) in [6.07, 6.45) is -4.80. The fraction of sp³-hybridized carbons (Fsp3) is 0.188. The third kappa shape index (κ3) is 3.24. The van der Waals surface area contributed by atoms with Gasteiger partial charge >= 0.3 is 6.18 Å². The molecule has 23 heavy (non-hydrogen) atoms. The van der Waals surface area contributed by atoms with Gasteiger partial charge < -0.3 is 4.90 Å². The Labute approximate surface area is 140 Å². The van der Waals surface area contributed by atoms with Crippen molar-refractivity contribution >= 4 is 22.1 Å². The molecule has 0 saturated carbocycles. The predicted molar refractivity (Wildman–Crippen MR) is 81.2 cm³/mol.